The SMILES string of the molecule is NC(=O)c1ccc(CNCCCOCC2CC2)cc1. The summed E-state index contributed by atoms with van der Waals surface area (Å²) >= 11 is 0. The molecular weight excluding hydrogens is 240 g/mol. The highest BCUT2D eigenvalue weighted by Crippen LogP contribution is 2.28. The first-order valence-corrected chi connectivity index (χ1v) is 6.93. The van der Waals surface area contributed by atoms with Crippen molar-refractivity contribution in [1.29, 1.82) is 0 Å². The predicted molar refractivity (Wildman–Crippen MR) is 74.8 cm³/mol. The van der Waals surface area contributed by atoms with Gasteiger partial charge in [-0.25, -0.2) is 0 Å². The zero-order valence-corrected chi connectivity index (χ0v) is 11.2. The fraction of sp³-hybridized carbons (Fsp3) is 0.533. The average Bonchev–Trinajstić information content (AvgIpc) is 3.22. The maximum atomic E-state index is 10.9. The van der Waals surface area contributed by atoms with E-state index in [4.69, 9.17) is 10.5 Å². The molecule has 19 heavy (non-hydrogen) atoms. The molecule has 0 heterocycles. The van der Waals surface area contributed by atoms with Gasteiger partial charge in [-0.15, -0.1) is 0 Å². The Labute approximate surface area is 114 Å². The number of carbonyl (C=O) groups excluding carboxylic acids is 1. The zero-order valence-electron chi connectivity index (χ0n) is 11.2. The quantitative estimate of drug-likeness (QED) is 0.666. The van der Waals surface area contributed by atoms with Crippen LogP contribution in [-0.2, 0) is 11.3 Å². The summed E-state index contributed by atoms with van der Waals surface area (Å²) in [5, 5.41) is 3.36. The summed E-state index contributed by atoms with van der Waals surface area (Å²) in [5.74, 6) is 0.462. The predicted octanol–water partition coefficient (Wildman–Crippen LogP) is 1.69. The van der Waals surface area contributed by atoms with Gasteiger partial charge in [0.2, 0.25) is 5.91 Å². The number of amides is 1. The Balaban J connectivity index is 1.53. The first kappa shape index (κ1) is 14.0. The Morgan fingerprint density at radius 3 is 2.68 bits per heavy atom. The first-order valence-electron chi connectivity index (χ1n) is 6.93. The third-order valence-electron chi connectivity index (χ3n) is 3.26. The Morgan fingerprint density at radius 1 is 1.32 bits per heavy atom. The number of nitrogens with two attached hydrogens (primary N) is 1. The van der Waals surface area contributed by atoms with Crippen LogP contribution in [0, 0.1) is 5.92 Å². The molecule has 2 rings (SSSR count). The van der Waals surface area contributed by atoms with E-state index >= 15 is 0 Å². The van der Waals surface area contributed by atoms with E-state index in [0.717, 1.165) is 44.2 Å². The van der Waals surface area contributed by atoms with E-state index in [1.165, 1.54) is 12.8 Å². The molecule has 0 radical (unpaired) electrons. The summed E-state index contributed by atoms with van der Waals surface area (Å²) in [4.78, 5) is 10.9. The van der Waals surface area contributed by atoms with Crippen LogP contribution in [0.25, 0.3) is 0 Å². The first-order chi connectivity index (χ1) is 9.25. The van der Waals surface area contributed by atoms with E-state index in [2.05, 4.69) is 5.32 Å². The molecule has 0 aliphatic heterocycles. The van der Waals surface area contributed by atoms with Gasteiger partial charge >= 0.3 is 0 Å². The van der Waals surface area contributed by atoms with Gasteiger partial charge in [-0.1, -0.05) is 12.1 Å². The largest absolute Gasteiger partial charge is 0.381 e. The van der Waals surface area contributed by atoms with Crippen molar-refractivity contribution in [3.05, 3.63) is 35.4 Å². The molecule has 4 nitrogen and oxygen atoms in total. The van der Waals surface area contributed by atoms with Gasteiger partial charge in [-0.05, 0) is 49.4 Å². The molecule has 0 unspecified atom stereocenters. The average molecular weight is 262 g/mol. The lowest BCUT2D eigenvalue weighted by Gasteiger charge is -2.06. The second-order valence-corrected chi connectivity index (χ2v) is 5.11. The third kappa shape index (κ3) is 5.41. The van der Waals surface area contributed by atoms with E-state index in [1.807, 2.05) is 12.1 Å². The third-order valence-corrected chi connectivity index (χ3v) is 3.26. The fourth-order valence-electron chi connectivity index (χ4n) is 1.85. The smallest absolute Gasteiger partial charge is 0.248 e. The molecule has 1 aromatic rings. The van der Waals surface area contributed by atoms with E-state index in [9.17, 15) is 4.79 Å². The number of ether oxygens (including phenoxy) is 1. The summed E-state index contributed by atoms with van der Waals surface area (Å²) in [6.45, 7) is 3.53. The molecular formula is C15H22N2O2. The van der Waals surface area contributed by atoms with Crippen molar-refractivity contribution in [1.82, 2.24) is 5.32 Å². The lowest BCUT2D eigenvalue weighted by Crippen LogP contribution is -2.17. The molecule has 0 saturated heterocycles. The lowest BCUT2D eigenvalue weighted by molar-refractivity contribution is 0.100. The van der Waals surface area contributed by atoms with Gasteiger partial charge in [0.25, 0.3) is 0 Å². The van der Waals surface area contributed by atoms with Gasteiger partial charge in [0, 0.05) is 25.3 Å². The van der Waals surface area contributed by atoms with Crippen LogP contribution in [0.5, 0.6) is 0 Å². The molecule has 4 heteroatoms. The Hall–Kier alpha value is -1.39. The van der Waals surface area contributed by atoms with Gasteiger partial charge in [0.15, 0.2) is 0 Å². The molecule has 0 spiro atoms. The number of primary amides is 1. The molecule has 1 saturated carbocycles. The van der Waals surface area contributed by atoms with Gasteiger partial charge < -0.3 is 15.8 Å². The van der Waals surface area contributed by atoms with Gasteiger partial charge in [-0.2, -0.15) is 0 Å². The molecule has 104 valence electrons. The minimum Gasteiger partial charge on any atom is -0.381 e. The molecule has 1 aromatic carbocycles. The molecule has 1 fully saturated rings. The molecule has 1 aliphatic rings. The minimum atomic E-state index is -0.382. The van der Waals surface area contributed by atoms with Crippen molar-refractivity contribution in [3.8, 4) is 0 Å². The Bertz CT molecular complexity index is 399. The van der Waals surface area contributed by atoms with E-state index in [1.54, 1.807) is 12.1 Å². The van der Waals surface area contributed by atoms with Crippen LogP contribution in [0.15, 0.2) is 24.3 Å². The van der Waals surface area contributed by atoms with E-state index < -0.39 is 0 Å². The number of rotatable bonds is 9. The van der Waals surface area contributed by atoms with Crippen LogP contribution in [0.3, 0.4) is 0 Å². The van der Waals surface area contributed by atoms with Crippen molar-refractivity contribution in [2.45, 2.75) is 25.8 Å². The van der Waals surface area contributed by atoms with Crippen LogP contribution in [0.2, 0.25) is 0 Å². The number of hydrogen-bond acceptors (Lipinski definition) is 3. The molecule has 0 bridgehead atoms. The number of benzene rings is 1. The summed E-state index contributed by atoms with van der Waals surface area (Å²) in [7, 11) is 0. The van der Waals surface area contributed by atoms with Crippen LogP contribution >= 0.6 is 0 Å². The van der Waals surface area contributed by atoms with E-state index in [-0.39, 0.29) is 5.91 Å². The van der Waals surface area contributed by atoms with Gasteiger partial charge in [0.1, 0.15) is 0 Å². The second kappa shape index (κ2) is 7.26. The maximum absolute atomic E-state index is 10.9. The summed E-state index contributed by atoms with van der Waals surface area (Å²) < 4.78 is 5.56. The highest BCUT2D eigenvalue weighted by Gasteiger charge is 2.20. The van der Waals surface area contributed by atoms with Crippen molar-refractivity contribution >= 4 is 5.91 Å². The van der Waals surface area contributed by atoms with Crippen LogP contribution < -0.4 is 11.1 Å². The number of hydrogen-bond donors (Lipinski definition) is 2. The maximum Gasteiger partial charge on any atom is 0.248 e. The Morgan fingerprint density at radius 2 is 2.05 bits per heavy atom. The highest BCUT2D eigenvalue weighted by molar-refractivity contribution is 5.92. The topological polar surface area (TPSA) is 64.4 Å². The normalized spacial score (nSPS) is 14.5. The standard InChI is InChI=1S/C15H22N2O2/c16-15(18)14-6-4-12(5-7-14)10-17-8-1-9-19-11-13-2-3-13/h4-7,13,17H,1-3,8-11H2,(H2,16,18). The summed E-state index contributed by atoms with van der Waals surface area (Å²) in [5.41, 5.74) is 6.90. The summed E-state index contributed by atoms with van der Waals surface area (Å²) in [6.07, 6.45) is 3.73. The highest BCUT2D eigenvalue weighted by atomic mass is 16.5. The molecule has 0 aromatic heterocycles. The minimum absolute atomic E-state index is 0.382. The monoisotopic (exact) mass is 262 g/mol. The van der Waals surface area contributed by atoms with Gasteiger partial charge in [0.05, 0.1) is 0 Å². The molecule has 0 atom stereocenters. The van der Waals surface area contributed by atoms with Crippen molar-refractivity contribution in [2.24, 2.45) is 11.7 Å². The van der Waals surface area contributed by atoms with Crippen molar-refractivity contribution < 1.29 is 9.53 Å². The fourth-order valence-corrected chi connectivity index (χ4v) is 1.85. The number of carbonyl (C=O) groups is 1. The van der Waals surface area contributed by atoms with Crippen molar-refractivity contribution in [2.75, 3.05) is 19.8 Å². The van der Waals surface area contributed by atoms with Crippen LogP contribution in [0.1, 0.15) is 35.2 Å². The second-order valence-electron chi connectivity index (χ2n) is 5.11. The summed E-state index contributed by atoms with van der Waals surface area (Å²) in [6, 6.07) is 7.38. The zero-order chi connectivity index (χ0) is 13.5. The van der Waals surface area contributed by atoms with Crippen LogP contribution in [-0.4, -0.2) is 25.7 Å². The van der Waals surface area contributed by atoms with E-state index in [0.29, 0.717) is 5.56 Å². The molecule has 3 N–H and O–H groups in total. The van der Waals surface area contributed by atoms with Crippen LogP contribution in [0.4, 0.5) is 0 Å². The van der Waals surface area contributed by atoms with Crippen molar-refractivity contribution in [3.63, 3.8) is 0 Å². The number of nitrogens with one attached hydrogen (secondary N) is 1. The molecule has 1 amide bonds. The molecule has 1 aliphatic carbocycles. The van der Waals surface area contributed by atoms with Gasteiger partial charge in [-0.3, -0.25) is 4.79 Å². The lowest BCUT2D eigenvalue weighted by atomic mass is 10.1. The Kier molecular flexibility index (Phi) is 5.36.